The van der Waals surface area contributed by atoms with E-state index in [-0.39, 0.29) is 11.9 Å². The molecule has 0 radical (unpaired) electrons. The number of aryl methyl sites for hydroxylation is 1. The Kier molecular flexibility index (Phi) is 7.31. The standard InChI is InChI=1S/C22H28ClN3O2/c1-17-3-7-20(8-4-17)24-22(27)18(2)26-13-11-25(12-14-26)15-16-28-21-9-5-19(23)6-10-21/h3-10,18H,11-16H2,1-2H3,(H,24,27). The monoisotopic (exact) mass is 401 g/mol. The third-order valence-electron chi connectivity index (χ3n) is 5.14. The average molecular weight is 402 g/mol. The first-order valence-corrected chi connectivity index (χ1v) is 10.1. The lowest BCUT2D eigenvalue weighted by atomic mass is 10.2. The number of ether oxygens (including phenoxy) is 1. The Hall–Kier alpha value is -2.08. The van der Waals surface area contributed by atoms with Gasteiger partial charge < -0.3 is 10.1 Å². The zero-order chi connectivity index (χ0) is 19.9. The molecule has 5 nitrogen and oxygen atoms in total. The first-order valence-electron chi connectivity index (χ1n) is 9.73. The molecule has 1 N–H and O–H groups in total. The van der Waals surface area contributed by atoms with Gasteiger partial charge in [0.15, 0.2) is 0 Å². The molecule has 1 saturated heterocycles. The van der Waals surface area contributed by atoms with Gasteiger partial charge >= 0.3 is 0 Å². The molecule has 2 aromatic carbocycles. The molecule has 1 aliphatic rings. The van der Waals surface area contributed by atoms with Gasteiger partial charge in [0, 0.05) is 43.4 Å². The molecule has 1 unspecified atom stereocenters. The molecule has 0 saturated carbocycles. The summed E-state index contributed by atoms with van der Waals surface area (Å²) in [5, 5.41) is 3.72. The van der Waals surface area contributed by atoms with Crippen LogP contribution < -0.4 is 10.1 Å². The second-order valence-corrected chi connectivity index (χ2v) is 7.65. The van der Waals surface area contributed by atoms with Crippen molar-refractivity contribution in [2.24, 2.45) is 0 Å². The van der Waals surface area contributed by atoms with Crippen LogP contribution in [0.15, 0.2) is 48.5 Å². The molecule has 1 amide bonds. The van der Waals surface area contributed by atoms with Crippen molar-refractivity contribution < 1.29 is 9.53 Å². The molecule has 6 heteroatoms. The summed E-state index contributed by atoms with van der Waals surface area (Å²) in [6.07, 6.45) is 0. The van der Waals surface area contributed by atoms with Crippen molar-refractivity contribution in [3.8, 4) is 5.75 Å². The summed E-state index contributed by atoms with van der Waals surface area (Å²) in [6.45, 7) is 9.16. The van der Waals surface area contributed by atoms with Gasteiger partial charge in [0.05, 0.1) is 6.04 Å². The predicted molar refractivity (Wildman–Crippen MR) is 114 cm³/mol. The smallest absolute Gasteiger partial charge is 0.241 e. The summed E-state index contributed by atoms with van der Waals surface area (Å²) < 4.78 is 5.77. The molecule has 0 aromatic heterocycles. The topological polar surface area (TPSA) is 44.8 Å². The van der Waals surface area contributed by atoms with Gasteiger partial charge in [0.25, 0.3) is 0 Å². The number of benzene rings is 2. The van der Waals surface area contributed by atoms with Crippen LogP contribution in [0.25, 0.3) is 0 Å². The van der Waals surface area contributed by atoms with Crippen molar-refractivity contribution in [3.63, 3.8) is 0 Å². The lowest BCUT2D eigenvalue weighted by Gasteiger charge is -2.37. The van der Waals surface area contributed by atoms with Gasteiger partial charge in [0.2, 0.25) is 5.91 Å². The number of carbonyl (C=O) groups excluding carboxylic acids is 1. The summed E-state index contributed by atoms with van der Waals surface area (Å²) in [4.78, 5) is 17.1. The Morgan fingerprint density at radius 3 is 2.36 bits per heavy atom. The van der Waals surface area contributed by atoms with Crippen LogP contribution in [0.2, 0.25) is 5.02 Å². The van der Waals surface area contributed by atoms with E-state index in [4.69, 9.17) is 16.3 Å². The van der Waals surface area contributed by atoms with Crippen molar-refractivity contribution >= 4 is 23.2 Å². The van der Waals surface area contributed by atoms with E-state index in [1.54, 1.807) is 0 Å². The molecule has 0 spiro atoms. The minimum Gasteiger partial charge on any atom is -0.492 e. The zero-order valence-corrected chi connectivity index (χ0v) is 17.3. The molecule has 1 fully saturated rings. The van der Waals surface area contributed by atoms with Crippen LogP contribution in [0.1, 0.15) is 12.5 Å². The fourth-order valence-electron chi connectivity index (χ4n) is 3.25. The van der Waals surface area contributed by atoms with Crippen molar-refractivity contribution in [1.29, 1.82) is 0 Å². The maximum Gasteiger partial charge on any atom is 0.241 e. The molecule has 1 heterocycles. The van der Waals surface area contributed by atoms with Gasteiger partial charge in [0.1, 0.15) is 12.4 Å². The molecule has 1 atom stereocenters. The first kappa shape index (κ1) is 20.6. The first-order chi connectivity index (χ1) is 13.5. The van der Waals surface area contributed by atoms with Gasteiger partial charge in [-0.3, -0.25) is 14.6 Å². The second-order valence-electron chi connectivity index (χ2n) is 7.21. The quantitative estimate of drug-likeness (QED) is 0.768. The summed E-state index contributed by atoms with van der Waals surface area (Å²) in [6, 6.07) is 15.2. The van der Waals surface area contributed by atoms with E-state index in [2.05, 4.69) is 15.1 Å². The van der Waals surface area contributed by atoms with Gasteiger partial charge in [-0.1, -0.05) is 29.3 Å². The van der Waals surface area contributed by atoms with Crippen LogP contribution in [0, 0.1) is 6.92 Å². The van der Waals surface area contributed by atoms with Crippen molar-refractivity contribution in [2.75, 3.05) is 44.6 Å². The zero-order valence-electron chi connectivity index (χ0n) is 16.5. The Morgan fingerprint density at radius 1 is 1.07 bits per heavy atom. The highest BCUT2D eigenvalue weighted by Crippen LogP contribution is 2.16. The molecule has 3 rings (SSSR count). The van der Waals surface area contributed by atoms with Crippen LogP contribution in [0.4, 0.5) is 5.69 Å². The number of carbonyl (C=O) groups is 1. The average Bonchev–Trinajstić information content (AvgIpc) is 2.71. The highest BCUT2D eigenvalue weighted by molar-refractivity contribution is 6.30. The molecular weight excluding hydrogens is 374 g/mol. The van der Waals surface area contributed by atoms with E-state index in [1.165, 1.54) is 5.56 Å². The van der Waals surface area contributed by atoms with E-state index < -0.39 is 0 Å². The number of piperazine rings is 1. The summed E-state index contributed by atoms with van der Waals surface area (Å²) in [5.74, 6) is 0.882. The Balaban J connectivity index is 1.38. The Labute approximate surface area is 172 Å². The van der Waals surface area contributed by atoms with Gasteiger partial charge in [-0.25, -0.2) is 0 Å². The van der Waals surface area contributed by atoms with Crippen LogP contribution in [-0.4, -0.2) is 61.1 Å². The van der Waals surface area contributed by atoms with Crippen LogP contribution in [0.5, 0.6) is 5.75 Å². The van der Waals surface area contributed by atoms with Gasteiger partial charge in [-0.15, -0.1) is 0 Å². The predicted octanol–water partition coefficient (Wildman–Crippen LogP) is 3.67. The number of nitrogens with zero attached hydrogens (tertiary/aromatic N) is 2. The molecule has 150 valence electrons. The highest BCUT2D eigenvalue weighted by atomic mass is 35.5. The number of rotatable bonds is 7. The number of amides is 1. The van der Waals surface area contributed by atoms with Crippen LogP contribution >= 0.6 is 11.6 Å². The third kappa shape index (κ3) is 5.96. The van der Waals surface area contributed by atoms with E-state index >= 15 is 0 Å². The summed E-state index contributed by atoms with van der Waals surface area (Å²) in [5.41, 5.74) is 2.03. The second kappa shape index (κ2) is 9.92. The minimum atomic E-state index is -0.145. The number of hydrogen-bond acceptors (Lipinski definition) is 4. The lowest BCUT2D eigenvalue weighted by molar-refractivity contribution is -0.121. The number of halogens is 1. The normalized spacial score (nSPS) is 16.5. The molecule has 0 aliphatic carbocycles. The van der Waals surface area contributed by atoms with Crippen LogP contribution in [-0.2, 0) is 4.79 Å². The summed E-state index contributed by atoms with van der Waals surface area (Å²) >= 11 is 5.88. The Bertz CT molecular complexity index is 756. The fourth-order valence-corrected chi connectivity index (χ4v) is 3.37. The van der Waals surface area contributed by atoms with Crippen LogP contribution in [0.3, 0.4) is 0 Å². The molecular formula is C22H28ClN3O2. The van der Waals surface area contributed by atoms with Crippen molar-refractivity contribution in [1.82, 2.24) is 9.80 Å². The molecule has 28 heavy (non-hydrogen) atoms. The number of anilines is 1. The maximum absolute atomic E-state index is 12.5. The van der Waals surface area contributed by atoms with E-state index in [0.717, 1.165) is 44.2 Å². The van der Waals surface area contributed by atoms with Gasteiger partial charge in [-0.2, -0.15) is 0 Å². The Morgan fingerprint density at radius 2 is 1.71 bits per heavy atom. The van der Waals surface area contributed by atoms with Crippen molar-refractivity contribution in [3.05, 3.63) is 59.1 Å². The van der Waals surface area contributed by atoms with E-state index in [9.17, 15) is 4.79 Å². The number of nitrogens with one attached hydrogen (secondary N) is 1. The minimum absolute atomic E-state index is 0.0448. The maximum atomic E-state index is 12.5. The lowest BCUT2D eigenvalue weighted by Crippen LogP contribution is -2.53. The molecule has 1 aliphatic heterocycles. The highest BCUT2D eigenvalue weighted by Gasteiger charge is 2.25. The molecule has 0 bridgehead atoms. The van der Waals surface area contributed by atoms with Crippen molar-refractivity contribution in [2.45, 2.75) is 19.9 Å². The largest absolute Gasteiger partial charge is 0.492 e. The van der Waals surface area contributed by atoms with E-state index in [1.807, 2.05) is 62.4 Å². The summed E-state index contributed by atoms with van der Waals surface area (Å²) in [7, 11) is 0. The number of hydrogen-bond donors (Lipinski definition) is 1. The SMILES string of the molecule is Cc1ccc(NC(=O)C(C)N2CCN(CCOc3ccc(Cl)cc3)CC2)cc1. The van der Waals surface area contributed by atoms with E-state index in [0.29, 0.717) is 11.6 Å². The van der Waals surface area contributed by atoms with Gasteiger partial charge in [-0.05, 0) is 50.2 Å². The fraction of sp³-hybridized carbons (Fsp3) is 0.409. The molecule has 2 aromatic rings. The third-order valence-corrected chi connectivity index (χ3v) is 5.40.